The van der Waals surface area contributed by atoms with Gasteiger partial charge in [-0.05, 0) is 12.8 Å². The van der Waals surface area contributed by atoms with Gasteiger partial charge in [0.2, 0.25) is 0 Å². The van der Waals surface area contributed by atoms with Crippen molar-refractivity contribution in [1.82, 2.24) is 0 Å². The molecule has 1 fully saturated rings. The number of likely N-dealkylation sites (tertiary alicyclic amines) is 1. The van der Waals surface area contributed by atoms with Crippen LogP contribution in [0.2, 0.25) is 0 Å². The van der Waals surface area contributed by atoms with Crippen LogP contribution in [0.1, 0.15) is 19.3 Å². The molecule has 0 aliphatic carbocycles. The van der Waals surface area contributed by atoms with Crippen molar-refractivity contribution < 1.29 is 9.22 Å². The largest absolute Gasteiger partial charge is 0.456 e. The van der Waals surface area contributed by atoms with Gasteiger partial charge in [0.15, 0.2) is 11.8 Å². The van der Waals surface area contributed by atoms with Gasteiger partial charge in [0.1, 0.15) is 6.26 Å². The summed E-state index contributed by atoms with van der Waals surface area (Å²) in [5, 5.41) is 0. The lowest BCUT2D eigenvalue weighted by molar-refractivity contribution is -0.915. The van der Waals surface area contributed by atoms with Crippen molar-refractivity contribution in [2.24, 2.45) is 0 Å². The van der Waals surface area contributed by atoms with Crippen LogP contribution in [-0.4, -0.2) is 31.2 Å². The van der Waals surface area contributed by atoms with E-state index in [4.69, 9.17) is 4.74 Å². The molecule has 1 unspecified atom stereocenters. The number of piperidine rings is 1. The molecular weight excluding hydrogens is 138 g/mol. The minimum absolute atomic E-state index is 0.656. The minimum Gasteiger partial charge on any atom is -0.456 e. The summed E-state index contributed by atoms with van der Waals surface area (Å²) in [5.74, 6) is 1.23. The van der Waals surface area contributed by atoms with Gasteiger partial charge in [-0.15, -0.1) is 0 Å². The summed E-state index contributed by atoms with van der Waals surface area (Å²) >= 11 is 0. The number of ether oxygens (including phenoxy) is 1. The molecule has 62 valence electrons. The van der Waals surface area contributed by atoms with E-state index in [2.05, 4.69) is 14.1 Å². The van der Waals surface area contributed by atoms with Crippen LogP contribution in [0, 0.1) is 0 Å². The maximum Gasteiger partial charge on any atom is 0.195 e. The quantitative estimate of drug-likeness (QED) is 0.521. The van der Waals surface area contributed by atoms with Crippen molar-refractivity contribution >= 4 is 0 Å². The van der Waals surface area contributed by atoms with Crippen LogP contribution in [0.4, 0.5) is 0 Å². The third kappa shape index (κ3) is 1.27. The number of hydrogen-bond donors (Lipinski definition) is 0. The normalized spacial score (nSPS) is 34.0. The Labute approximate surface area is 68.0 Å². The lowest BCUT2D eigenvalue weighted by Crippen LogP contribution is -2.51. The third-order valence-corrected chi connectivity index (χ3v) is 2.89. The Morgan fingerprint density at radius 1 is 1.45 bits per heavy atom. The molecule has 0 aromatic heterocycles. The van der Waals surface area contributed by atoms with Crippen LogP contribution in [0.15, 0.2) is 12.0 Å². The maximum absolute atomic E-state index is 5.16. The third-order valence-electron chi connectivity index (χ3n) is 2.89. The summed E-state index contributed by atoms with van der Waals surface area (Å²) in [6.45, 7) is 1.30. The second kappa shape index (κ2) is 2.24. The molecule has 0 aromatic rings. The van der Waals surface area contributed by atoms with Crippen molar-refractivity contribution in [2.75, 3.05) is 20.6 Å². The van der Waals surface area contributed by atoms with Gasteiger partial charge in [-0.1, -0.05) is 0 Å². The molecule has 1 saturated heterocycles. The van der Waals surface area contributed by atoms with Gasteiger partial charge in [-0.25, -0.2) is 0 Å². The predicted molar refractivity (Wildman–Crippen MR) is 43.8 cm³/mol. The summed E-state index contributed by atoms with van der Waals surface area (Å²) in [4.78, 5) is 0. The number of rotatable bonds is 1. The molecule has 0 radical (unpaired) electrons. The fraction of sp³-hybridized carbons (Fsp3) is 0.778. The van der Waals surface area contributed by atoms with Crippen molar-refractivity contribution in [2.45, 2.75) is 25.3 Å². The molecule has 2 aliphatic rings. The molecule has 11 heavy (non-hydrogen) atoms. The second-order valence-corrected chi connectivity index (χ2v) is 4.15. The van der Waals surface area contributed by atoms with Crippen molar-refractivity contribution in [3.63, 3.8) is 0 Å². The molecule has 0 spiro atoms. The first-order chi connectivity index (χ1) is 5.20. The molecule has 2 nitrogen and oxygen atoms in total. The number of likely N-dealkylation sites (N-methyl/N-ethyl adjacent to an activating group) is 1. The van der Waals surface area contributed by atoms with E-state index < -0.39 is 0 Å². The van der Waals surface area contributed by atoms with Gasteiger partial charge in [-0.2, -0.15) is 0 Å². The van der Waals surface area contributed by atoms with Crippen molar-refractivity contribution in [3.05, 3.63) is 12.0 Å². The van der Waals surface area contributed by atoms with E-state index in [1.165, 1.54) is 31.6 Å². The number of hydrogen-bond acceptors (Lipinski definition) is 1. The van der Waals surface area contributed by atoms with Gasteiger partial charge in [0, 0.05) is 6.42 Å². The van der Waals surface area contributed by atoms with Gasteiger partial charge in [0.05, 0.1) is 20.6 Å². The Bertz CT molecular complexity index is 196. The monoisotopic (exact) mass is 154 g/mol. The Hall–Kier alpha value is -0.500. The van der Waals surface area contributed by atoms with E-state index in [-0.39, 0.29) is 0 Å². The number of nitrogens with zero attached hydrogens (tertiary/aromatic N) is 1. The van der Waals surface area contributed by atoms with E-state index in [0.29, 0.717) is 6.04 Å². The lowest BCUT2D eigenvalue weighted by Gasteiger charge is -2.39. The molecule has 1 atom stereocenters. The standard InChI is InChI=1S/C9H16NO/c1-10(2)6-4-3-5-8(10)9-7-11-9/h7-8H,3-6H2,1-2H3/q+1. The molecule has 2 rings (SSSR count). The zero-order chi connectivity index (χ0) is 7.90. The molecule has 2 heterocycles. The van der Waals surface area contributed by atoms with Crippen LogP contribution < -0.4 is 0 Å². The van der Waals surface area contributed by atoms with E-state index in [1.54, 1.807) is 0 Å². The van der Waals surface area contributed by atoms with Crippen molar-refractivity contribution in [3.8, 4) is 0 Å². The summed E-state index contributed by atoms with van der Waals surface area (Å²) in [5.41, 5.74) is 0. The average molecular weight is 154 g/mol. The van der Waals surface area contributed by atoms with Gasteiger partial charge >= 0.3 is 0 Å². The van der Waals surface area contributed by atoms with Crippen LogP contribution in [0.3, 0.4) is 0 Å². The fourth-order valence-electron chi connectivity index (χ4n) is 2.04. The van der Waals surface area contributed by atoms with E-state index in [1.807, 2.05) is 6.26 Å². The Kier molecular flexibility index (Phi) is 1.46. The summed E-state index contributed by atoms with van der Waals surface area (Å²) in [6.07, 6.45) is 5.94. The van der Waals surface area contributed by atoms with Gasteiger partial charge in [-0.3, -0.25) is 0 Å². The highest BCUT2D eigenvalue weighted by atomic mass is 16.5. The predicted octanol–water partition coefficient (Wildman–Crippen LogP) is 1.49. The molecule has 0 amide bonds. The Morgan fingerprint density at radius 2 is 2.18 bits per heavy atom. The zero-order valence-corrected chi connectivity index (χ0v) is 7.34. The fourth-order valence-corrected chi connectivity index (χ4v) is 2.04. The van der Waals surface area contributed by atoms with E-state index in [0.717, 1.165) is 4.48 Å². The van der Waals surface area contributed by atoms with Crippen molar-refractivity contribution in [1.29, 1.82) is 0 Å². The Morgan fingerprint density at radius 3 is 2.73 bits per heavy atom. The van der Waals surface area contributed by atoms with Gasteiger partial charge < -0.3 is 9.22 Å². The molecule has 2 aliphatic heterocycles. The minimum atomic E-state index is 0.656. The maximum atomic E-state index is 5.16. The van der Waals surface area contributed by atoms with E-state index >= 15 is 0 Å². The molecule has 0 saturated carbocycles. The lowest BCUT2D eigenvalue weighted by atomic mass is 10.00. The van der Waals surface area contributed by atoms with Crippen LogP contribution >= 0.6 is 0 Å². The SMILES string of the molecule is C[N+]1(C)CCCCC1C1=CO1. The first-order valence-corrected chi connectivity index (χ1v) is 4.39. The highest BCUT2D eigenvalue weighted by Crippen LogP contribution is 2.32. The molecule has 0 bridgehead atoms. The number of quaternary nitrogens is 1. The van der Waals surface area contributed by atoms with Crippen LogP contribution in [-0.2, 0) is 4.74 Å². The topological polar surface area (TPSA) is 12.5 Å². The molecule has 0 N–H and O–H groups in total. The Balaban J connectivity index is 2.09. The molecular formula is C9H16NO+. The molecule has 0 aromatic carbocycles. The smallest absolute Gasteiger partial charge is 0.195 e. The second-order valence-electron chi connectivity index (χ2n) is 4.15. The van der Waals surface area contributed by atoms with Crippen LogP contribution in [0.25, 0.3) is 0 Å². The van der Waals surface area contributed by atoms with Gasteiger partial charge in [0.25, 0.3) is 0 Å². The van der Waals surface area contributed by atoms with Crippen LogP contribution in [0.5, 0.6) is 0 Å². The zero-order valence-electron chi connectivity index (χ0n) is 7.34. The highest BCUT2D eigenvalue weighted by Gasteiger charge is 2.39. The first-order valence-electron chi connectivity index (χ1n) is 4.39. The summed E-state index contributed by atoms with van der Waals surface area (Å²) < 4.78 is 6.28. The summed E-state index contributed by atoms with van der Waals surface area (Å²) in [7, 11) is 4.60. The molecule has 2 heteroatoms. The summed E-state index contributed by atoms with van der Waals surface area (Å²) in [6, 6.07) is 0.656. The highest BCUT2D eigenvalue weighted by molar-refractivity contribution is 5.09. The van der Waals surface area contributed by atoms with E-state index in [9.17, 15) is 0 Å². The average Bonchev–Trinajstić information content (AvgIpc) is 2.69. The first kappa shape index (κ1) is 7.17.